The Kier molecular flexibility index (Phi) is 5.40. The lowest BCUT2D eigenvalue weighted by atomic mass is 10.2. The maximum atomic E-state index is 12.6. The summed E-state index contributed by atoms with van der Waals surface area (Å²) in [4.78, 5) is 11.8. The van der Waals surface area contributed by atoms with E-state index in [0.717, 1.165) is 11.6 Å². The van der Waals surface area contributed by atoms with Gasteiger partial charge in [0, 0.05) is 5.69 Å². The molecule has 0 heterocycles. The molecule has 0 aliphatic heterocycles. The molecule has 8 heteroatoms. The third kappa shape index (κ3) is 4.23. The van der Waals surface area contributed by atoms with Gasteiger partial charge in [-0.2, -0.15) is 0 Å². The van der Waals surface area contributed by atoms with E-state index in [2.05, 4.69) is 10.6 Å². The first-order valence-electron chi connectivity index (χ1n) is 6.97. The number of nitrogens with one attached hydrogen (secondary N) is 2. The van der Waals surface area contributed by atoms with Gasteiger partial charge in [0.25, 0.3) is 0 Å². The first-order chi connectivity index (χ1) is 11.4. The predicted octanol–water partition coefficient (Wildman–Crippen LogP) is 3.35. The Labute approximate surface area is 139 Å². The van der Waals surface area contributed by atoms with Gasteiger partial charge in [-0.3, -0.25) is 0 Å². The van der Waals surface area contributed by atoms with Gasteiger partial charge < -0.3 is 15.4 Å². The Balaban J connectivity index is 2.22. The number of aryl methyl sites for hydroxylation is 1. The molecule has 0 saturated heterocycles. The minimum atomic E-state index is -4.04. The maximum Gasteiger partial charge on any atom is 0.323 e. The number of anilines is 2. The zero-order valence-electron chi connectivity index (χ0n) is 13.2. The van der Waals surface area contributed by atoms with E-state index in [1.54, 1.807) is 12.1 Å². The van der Waals surface area contributed by atoms with Crippen molar-refractivity contribution in [2.45, 2.75) is 11.8 Å². The number of hydrogen-bond donors (Lipinski definition) is 2. The summed E-state index contributed by atoms with van der Waals surface area (Å²) in [6.45, 7) is 1.92. The number of benzene rings is 2. The highest BCUT2D eigenvalue weighted by atomic mass is 32.2. The van der Waals surface area contributed by atoms with Crippen LogP contribution in [-0.4, -0.2) is 27.6 Å². The van der Waals surface area contributed by atoms with Crippen molar-refractivity contribution in [3.63, 3.8) is 0 Å². The number of hydrogen-bond acceptors (Lipinski definition) is 4. The Morgan fingerprint density at radius 3 is 2.38 bits per heavy atom. The highest BCUT2D eigenvalue weighted by molar-refractivity contribution is 7.91. The van der Waals surface area contributed by atoms with Crippen LogP contribution >= 0.6 is 0 Å². The Morgan fingerprint density at radius 1 is 1.12 bits per heavy atom. The van der Waals surface area contributed by atoms with Gasteiger partial charge in [-0.15, -0.1) is 0 Å². The molecule has 2 amide bonds. The molecule has 0 atom stereocenters. The second-order valence-electron chi connectivity index (χ2n) is 5.03. The quantitative estimate of drug-likeness (QED) is 0.864. The highest BCUT2D eigenvalue weighted by Crippen LogP contribution is 2.28. The summed E-state index contributed by atoms with van der Waals surface area (Å²) >= 11 is 0. The van der Waals surface area contributed by atoms with E-state index in [0.29, 0.717) is 5.69 Å². The predicted molar refractivity (Wildman–Crippen MR) is 90.0 cm³/mol. The fraction of sp³-hybridized carbons (Fsp3) is 0.188. The van der Waals surface area contributed by atoms with Crippen molar-refractivity contribution in [2.75, 3.05) is 23.7 Å². The van der Waals surface area contributed by atoms with Crippen LogP contribution in [0.15, 0.2) is 47.4 Å². The van der Waals surface area contributed by atoms with Gasteiger partial charge >= 0.3 is 6.03 Å². The molecule has 0 radical (unpaired) electrons. The average molecular weight is 352 g/mol. The topological polar surface area (TPSA) is 84.5 Å². The van der Waals surface area contributed by atoms with E-state index in [1.165, 1.54) is 19.2 Å². The number of urea groups is 1. The van der Waals surface area contributed by atoms with E-state index in [9.17, 15) is 17.6 Å². The molecule has 2 N–H and O–H groups in total. The van der Waals surface area contributed by atoms with Crippen LogP contribution in [0.1, 0.15) is 5.56 Å². The van der Waals surface area contributed by atoms with Crippen LogP contribution in [0.25, 0.3) is 0 Å². The van der Waals surface area contributed by atoms with Crippen molar-refractivity contribution >= 4 is 27.2 Å². The number of amides is 2. The van der Waals surface area contributed by atoms with Crippen LogP contribution in [0.5, 0.6) is 5.75 Å². The second kappa shape index (κ2) is 7.31. The molecule has 0 spiro atoms. The number of rotatable bonds is 5. The van der Waals surface area contributed by atoms with Crippen LogP contribution < -0.4 is 15.4 Å². The standard InChI is InChI=1S/C16H17FN2O4S/c1-11-3-5-12(6-4-11)18-16(20)19-14-9-13(24(21,22)10-17)7-8-15(14)23-2/h3-9H,10H2,1-2H3,(H2,18,19,20). The number of ether oxygens (including phenoxy) is 1. The Bertz CT molecular complexity index is 836. The van der Waals surface area contributed by atoms with E-state index >= 15 is 0 Å². The van der Waals surface area contributed by atoms with E-state index in [4.69, 9.17) is 4.74 Å². The fourth-order valence-corrected chi connectivity index (χ4v) is 2.66. The number of halogens is 1. The SMILES string of the molecule is COc1ccc(S(=O)(=O)CF)cc1NC(=O)Nc1ccc(C)cc1. The minimum Gasteiger partial charge on any atom is -0.495 e. The fourth-order valence-electron chi connectivity index (χ4n) is 1.96. The van der Waals surface area contributed by atoms with Crippen LogP contribution in [0.4, 0.5) is 20.6 Å². The van der Waals surface area contributed by atoms with Crippen molar-refractivity contribution in [1.82, 2.24) is 0 Å². The summed E-state index contributed by atoms with van der Waals surface area (Å²) in [6.07, 6.45) is 0. The van der Waals surface area contributed by atoms with Crippen LogP contribution in [0.3, 0.4) is 0 Å². The van der Waals surface area contributed by atoms with Crippen molar-refractivity contribution in [1.29, 1.82) is 0 Å². The Hall–Kier alpha value is -2.61. The molecule has 2 aromatic rings. The molecular weight excluding hydrogens is 335 g/mol. The molecule has 128 valence electrons. The molecule has 24 heavy (non-hydrogen) atoms. The molecule has 0 bridgehead atoms. The van der Waals surface area contributed by atoms with Crippen molar-refractivity contribution in [3.05, 3.63) is 48.0 Å². The molecule has 0 saturated carbocycles. The van der Waals surface area contributed by atoms with Gasteiger partial charge in [0.1, 0.15) is 5.75 Å². The molecule has 0 fully saturated rings. The van der Waals surface area contributed by atoms with Crippen LogP contribution in [0.2, 0.25) is 0 Å². The van der Waals surface area contributed by atoms with Crippen molar-refractivity contribution < 1.29 is 22.3 Å². The number of carbonyl (C=O) groups excluding carboxylic acids is 1. The summed E-state index contributed by atoms with van der Waals surface area (Å²) < 4.78 is 41.0. The molecule has 0 aliphatic rings. The second-order valence-corrected chi connectivity index (χ2v) is 6.95. The van der Waals surface area contributed by atoms with Crippen molar-refractivity contribution in [3.8, 4) is 5.75 Å². The third-order valence-corrected chi connectivity index (χ3v) is 4.49. The van der Waals surface area contributed by atoms with E-state index in [-0.39, 0.29) is 16.3 Å². The first-order valence-corrected chi connectivity index (χ1v) is 8.62. The van der Waals surface area contributed by atoms with E-state index in [1.807, 2.05) is 19.1 Å². The molecule has 0 aromatic heterocycles. The lowest BCUT2D eigenvalue weighted by Crippen LogP contribution is -2.20. The molecule has 2 rings (SSSR count). The smallest absolute Gasteiger partial charge is 0.323 e. The normalized spacial score (nSPS) is 11.0. The van der Waals surface area contributed by atoms with Crippen molar-refractivity contribution in [2.24, 2.45) is 0 Å². The van der Waals surface area contributed by atoms with Gasteiger partial charge in [-0.1, -0.05) is 17.7 Å². The summed E-state index contributed by atoms with van der Waals surface area (Å²) in [5.41, 5.74) is 1.74. The number of sulfone groups is 1. The molecule has 0 unspecified atom stereocenters. The zero-order valence-corrected chi connectivity index (χ0v) is 14.0. The highest BCUT2D eigenvalue weighted by Gasteiger charge is 2.17. The summed E-state index contributed by atoms with van der Waals surface area (Å²) in [5.74, 6) is 0.256. The van der Waals surface area contributed by atoms with Crippen LogP contribution in [-0.2, 0) is 9.84 Å². The molecule has 6 nitrogen and oxygen atoms in total. The average Bonchev–Trinajstić information content (AvgIpc) is 2.56. The van der Waals surface area contributed by atoms with Gasteiger partial charge in [0.05, 0.1) is 17.7 Å². The lowest BCUT2D eigenvalue weighted by molar-refractivity contribution is 0.262. The number of methoxy groups -OCH3 is 1. The molecule has 2 aromatic carbocycles. The summed E-state index contributed by atoms with van der Waals surface area (Å²) in [6, 6.07) is 8.77. The lowest BCUT2D eigenvalue weighted by Gasteiger charge is -2.12. The number of carbonyl (C=O) groups is 1. The summed E-state index contributed by atoms with van der Waals surface area (Å²) in [7, 11) is -2.66. The van der Waals surface area contributed by atoms with Gasteiger partial charge in [0.15, 0.2) is 6.01 Å². The molecule has 0 aliphatic carbocycles. The Morgan fingerprint density at radius 2 is 1.79 bits per heavy atom. The van der Waals surface area contributed by atoms with Gasteiger partial charge in [0.2, 0.25) is 9.84 Å². The maximum absolute atomic E-state index is 12.6. The minimum absolute atomic E-state index is 0.122. The zero-order chi connectivity index (χ0) is 17.7. The van der Waals surface area contributed by atoms with E-state index < -0.39 is 21.9 Å². The third-order valence-electron chi connectivity index (χ3n) is 3.23. The molecular formula is C16H17FN2O4S. The van der Waals surface area contributed by atoms with Crippen LogP contribution in [0, 0.1) is 6.92 Å². The monoisotopic (exact) mass is 352 g/mol. The summed E-state index contributed by atoms with van der Waals surface area (Å²) in [5, 5.41) is 5.11. The van der Waals surface area contributed by atoms with Gasteiger partial charge in [-0.05, 0) is 37.3 Å². The van der Waals surface area contributed by atoms with Gasteiger partial charge in [-0.25, -0.2) is 17.6 Å². The first kappa shape index (κ1) is 17.7. The largest absolute Gasteiger partial charge is 0.495 e. The number of alkyl halides is 1.